The van der Waals surface area contributed by atoms with Crippen molar-refractivity contribution in [2.24, 2.45) is 0 Å². The maximum Gasteiger partial charge on any atom is 0.115 e. The Kier molecular flexibility index (Phi) is 0.816. The van der Waals surface area contributed by atoms with Crippen molar-refractivity contribution in [2.75, 3.05) is 19.6 Å². The van der Waals surface area contributed by atoms with E-state index >= 15 is 0 Å². The van der Waals surface area contributed by atoms with Gasteiger partial charge in [-0.2, -0.15) is 0 Å². The second kappa shape index (κ2) is 2.42. The Labute approximate surface area is 73.0 Å². The van der Waals surface area contributed by atoms with Crippen LogP contribution in [0.2, 0.25) is 0 Å². The average molecular weight is 164 g/mol. The third-order valence-corrected chi connectivity index (χ3v) is 2.38. The topological polar surface area (TPSA) is 23.5 Å². The van der Waals surface area contributed by atoms with Crippen molar-refractivity contribution in [1.29, 1.82) is 0 Å². The van der Waals surface area contributed by atoms with Crippen molar-refractivity contribution in [1.82, 2.24) is 4.90 Å². The second-order valence-corrected chi connectivity index (χ2v) is 3.08. The normalized spacial score (nSPS) is 64.0. The van der Waals surface area contributed by atoms with Gasteiger partial charge in [0.25, 0.3) is 0 Å². The number of nitrogens with zero attached hydrogens (tertiary/aromatic N) is 1. The first-order chi connectivity index (χ1) is 7.00. The molecule has 1 N–H and O–H groups in total. The van der Waals surface area contributed by atoms with Crippen LogP contribution in [0.25, 0.3) is 0 Å². The van der Waals surface area contributed by atoms with Gasteiger partial charge in [0.1, 0.15) is 6.15 Å². The zero-order chi connectivity index (χ0) is 12.4. The molecule has 2 fully saturated rings. The zero-order valence-corrected chi connectivity index (χ0v) is 6.10. The van der Waals surface area contributed by atoms with Crippen molar-refractivity contribution in [3.05, 3.63) is 0 Å². The van der Waals surface area contributed by atoms with Gasteiger partial charge >= 0.3 is 0 Å². The zero-order valence-electron chi connectivity index (χ0n) is 11.1. The van der Waals surface area contributed by atoms with Gasteiger partial charge in [0.15, 0.2) is 0 Å². The van der Waals surface area contributed by atoms with Crippen LogP contribution in [-0.4, -0.2) is 41.3 Å². The van der Waals surface area contributed by atoms with Crippen LogP contribution >= 0.6 is 0 Å². The highest BCUT2D eigenvalue weighted by Crippen LogP contribution is 2.39. The molecule has 11 heavy (non-hydrogen) atoms. The van der Waals surface area contributed by atoms with Crippen molar-refractivity contribution in [2.45, 2.75) is 30.9 Å². The monoisotopic (exact) mass is 164 g/mol. The minimum Gasteiger partial charge on any atom is -0.394 e. The van der Waals surface area contributed by atoms with Crippen LogP contribution in [0.3, 0.4) is 0 Å². The molecule has 2 unspecified atom stereocenters. The lowest BCUT2D eigenvalue weighted by Gasteiger charge is -2.28. The van der Waals surface area contributed by atoms with E-state index in [-0.39, 0.29) is 12.8 Å². The van der Waals surface area contributed by atoms with Gasteiger partial charge in [-0.3, -0.25) is 4.90 Å². The van der Waals surface area contributed by atoms with Crippen LogP contribution in [0.15, 0.2) is 0 Å². The fourth-order valence-corrected chi connectivity index (χ4v) is 1.78. The first-order valence-electron chi connectivity index (χ1n) is 6.19. The van der Waals surface area contributed by atoms with Gasteiger partial charge in [-0.15, -0.1) is 0 Å². The van der Waals surface area contributed by atoms with E-state index in [0.717, 1.165) is 4.90 Å². The van der Waals surface area contributed by atoms with E-state index in [1.165, 1.54) is 0 Å². The Balaban J connectivity index is 2.44. The lowest BCUT2D eigenvalue weighted by atomic mass is 9.95. The van der Waals surface area contributed by atoms with E-state index in [2.05, 4.69) is 0 Å². The number of hydrogen-bond donors (Lipinski definition) is 1. The maximum atomic E-state index is 13.6. The largest absolute Gasteiger partial charge is 0.394 e. The molecule has 0 aliphatic carbocycles. The van der Waals surface area contributed by atoms with Gasteiger partial charge in [-0.05, 0) is 19.3 Å². The van der Waals surface area contributed by atoms with Crippen LogP contribution in [-0.2, 0) is 0 Å². The summed E-state index contributed by atoms with van der Waals surface area (Å²) in [6.07, 6.45) is -2.83. The quantitative estimate of drug-likeness (QED) is 0.612. The molecule has 2 heterocycles. The summed E-state index contributed by atoms with van der Waals surface area (Å²) in [4.78, 5) is 0.979. The van der Waals surface area contributed by atoms with E-state index in [1.54, 1.807) is 0 Å². The molecule has 2 aliphatic heterocycles. The Morgan fingerprint density at radius 3 is 3.45 bits per heavy atom. The number of fused-ring (bicyclic) bond motifs is 1. The van der Waals surface area contributed by atoms with Crippen LogP contribution in [0.4, 0.5) is 4.39 Å². The SMILES string of the molecule is [2H]C1(F)CN2C([2H])([2H])CCC2(C([2H])([2H])O)C1. The van der Waals surface area contributed by atoms with Gasteiger partial charge in [0.05, 0.1) is 10.7 Å². The predicted octanol–water partition coefficient (Wildman–Crippen LogP) is 0.555. The van der Waals surface area contributed by atoms with Gasteiger partial charge in [-0.1, -0.05) is 0 Å². The average Bonchev–Trinajstić information content (AvgIpc) is 2.45. The summed E-state index contributed by atoms with van der Waals surface area (Å²) in [5, 5.41) is 9.52. The molecule has 0 aromatic rings. The van der Waals surface area contributed by atoms with Gasteiger partial charge in [-0.25, -0.2) is 4.39 Å². The lowest BCUT2D eigenvalue weighted by molar-refractivity contribution is 0.0996. The van der Waals surface area contributed by atoms with E-state index in [1.807, 2.05) is 0 Å². The Bertz CT molecular complexity index is 318. The van der Waals surface area contributed by atoms with Crippen molar-refractivity contribution in [3.8, 4) is 0 Å². The molecule has 0 aromatic heterocycles. The van der Waals surface area contributed by atoms with Crippen LogP contribution in [0, 0.1) is 0 Å². The van der Waals surface area contributed by atoms with Crippen molar-refractivity contribution in [3.63, 3.8) is 0 Å². The minimum absolute atomic E-state index is 0.0219. The summed E-state index contributed by atoms with van der Waals surface area (Å²) < 4.78 is 51.0. The fourth-order valence-electron chi connectivity index (χ4n) is 1.78. The number of hydrogen-bond acceptors (Lipinski definition) is 2. The maximum absolute atomic E-state index is 13.6. The van der Waals surface area contributed by atoms with E-state index in [0.29, 0.717) is 0 Å². The molecular formula is C8H14FNO. The predicted molar refractivity (Wildman–Crippen MR) is 40.1 cm³/mol. The molecule has 0 radical (unpaired) electrons. The molecule has 2 atom stereocenters. The Morgan fingerprint density at radius 2 is 2.82 bits per heavy atom. The molecule has 0 aromatic carbocycles. The lowest BCUT2D eigenvalue weighted by Crippen LogP contribution is -2.41. The summed E-state index contributed by atoms with van der Waals surface area (Å²) in [5.41, 5.74) is -1.60. The highest BCUT2D eigenvalue weighted by Gasteiger charge is 2.47. The minimum atomic E-state index is -2.70. The first-order valence-corrected chi connectivity index (χ1v) is 3.69. The molecule has 2 aliphatic rings. The van der Waals surface area contributed by atoms with Gasteiger partial charge in [0.2, 0.25) is 0 Å². The Hall–Kier alpha value is -0.150. The van der Waals surface area contributed by atoms with Gasteiger partial charge in [0, 0.05) is 21.2 Å². The summed E-state index contributed by atoms with van der Waals surface area (Å²) in [5.74, 6) is 0. The number of aliphatic hydroxyl groups is 1. The Morgan fingerprint density at radius 1 is 2.00 bits per heavy atom. The molecule has 0 bridgehead atoms. The standard InChI is InChI=1S/C8H14FNO/c9-7-4-8(6-11)2-1-3-10(8)5-7/h7,11H,1-6H2/i3D2,6D2,7D. The van der Waals surface area contributed by atoms with E-state index in [4.69, 9.17) is 6.85 Å². The molecule has 2 nitrogen and oxygen atoms in total. The second-order valence-electron chi connectivity index (χ2n) is 3.08. The van der Waals surface area contributed by atoms with Crippen molar-refractivity contribution >= 4 is 0 Å². The van der Waals surface area contributed by atoms with Gasteiger partial charge < -0.3 is 5.11 Å². The summed E-state index contributed by atoms with van der Waals surface area (Å²) >= 11 is 0. The number of alkyl halides is 1. The van der Waals surface area contributed by atoms with Crippen LogP contribution < -0.4 is 0 Å². The third kappa shape index (κ3) is 0.983. The molecule has 64 valence electrons. The number of halogens is 1. The fraction of sp³-hybridized carbons (Fsp3) is 1.00. The molecule has 0 amide bonds. The third-order valence-electron chi connectivity index (χ3n) is 2.38. The molecule has 0 saturated carbocycles. The van der Waals surface area contributed by atoms with Crippen LogP contribution in [0.1, 0.15) is 26.1 Å². The first kappa shape index (κ1) is 3.71. The van der Waals surface area contributed by atoms with Crippen LogP contribution in [0.5, 0.6) is 0 Å². The molecule has 0 spiro atoms. The van der Waals surface area contributed by atoms with E-state index < -0.39 is 37.7 Å². The van der Waals surface area contributed by atoms with E-state index in [9.17, 15) is 9.50 Å². The summed E-state index contributed by atoms with van der Waals surface area (Å²) in [6, 6.07) is 0. The van der Waals surface area contributed by atoms with Crippen molar-refractivity contribution < 1.29 is 16.4 Å². The number of rotatable bonds is 1. The molecule has 2 saturated heterocycles. The molecule has 3 heteroatoms. The summed E-state index contributed by atoms with van der Waals surface area (Å²) in [6.45, 7) is -5.06. The molecule has 2 rings (SSSR count). The smallest absolute Gasteiger partial charge is 0.115 e. The highest BCUT2D eigenvalue weighted by atomic mass is 19.1. The highest BCUT2D eigenvalue weighted by molar-refractivity contribution is 5.03. The molecular weight excluding hydrogens is 145 g/mol. The summed E-state index contributed by atoms with van der Waals surface area (Å²) in [7, 11) is 0.